The highest BCUT2D eigenvalue weighted by atomic mass is 19.1. The smallest absolute Gasteiger partial charge is 0.330 e. The van der Waals surface area contributed by atoms with Gasteiger partial charge in [-0.3, -0.25) is 9.48 Å². The molecule has 1 atom stereocenters. The standard InChI is InChI=1S/C16H18FN3O3/c1-3-8-20-13(6-7-18-20)15(21)19-14(16(22)23)11-4-5-12(17)10(2)9-11/h4-7,9,14H,3,8H2,1-2H3,(H,19,21)(H,22,23). The summed E-state index contributed by atoms with van der Waals surface area (Å²) >= 11 is 0. The first-order valence-electron chi connectivity index (χ1n) is 7.25. The maximum atomic E-state index is 13.3. The molecule has 0 radical (unpaired) electrons. The summed E-state index contributed by atoms with van der Waals surface area (Å²) in [5.41, 5.74) is 0.919. The molecule has 6 nitrogen and oxygen atoms in total. The minimum atomic E-state index is -1.26. The van der Waals surface area contributed by atoms with Gasteiger partial charge in [-0.25, -0.2) is 9.18 Å². The zero-order chi connectivity index (χ0) is 17.0. The lowest BCUT2D eigenvalue weighted by Crippen LogP contribution is -2.35. The second-order valence-corrected chi connectivity index (χ2v) is 5.19. The number of carboxylic acids is 1. The molecule has 0 aliphatic heterocycles. The molecule has 1 aromatic carbocycles. The van der Waals surface area contributed by atoms with Crippen LogP contribution in [0.3, 0.4) is 0 Å². The molecule has 1 unspecified atom stereocenters. The summed E-state index contributed by atoms with van der Waals surface area (Å²) in [6.07, 6.45) is 2.28. The van der Waals surface area contributed by atoms with Crippen LogP contribution < -0.4 is 5.32 Å². The van der Waals surface area contributed by atoms with E-state index in [1.807, 2.05) is 6.92 Å². The second kappa shape index (κ2) is 7.04. The molecule has 0 fully saturated rings. The van der Waals surface area contributed by atoms with Gasteiger partial charge < -0.3 is 10.4 Å². The van der Waals surface area contributed by atoms with Gasteiger partial charge in [-0.2, -0.15) is 5.10 Å². The van der Waals surface area contributed by atoms with Gasteiger partial charge in [0, 0.05) is 12.7 Å². The van der Waals surface area contributed by atoms with E-state index >= 15 is 0 Å². The van der Waals surface area contributed by atoms with Crippen molar-refractivity contribution < 1.29 is 19.1 Å². The number of benzene rings is 1. The fraction of sp³-hybridized carbons (Fsp3) is 0.312. The average molecular weight is 319 g/mol. The summed E-state index contributed by atoms with van der Waals surface area (Å²) < 4.78 is 14.9. The number of carbonyl (C=O) groups is 2. The van der Waals surface area contributed by atoms with Crippen LogP contribution in [0.1, 0.15) is 41.0 Å². The Labute approximate surface area is 132 Å². The molecule has 0 saturated carbocycles. The topological polar surface area (TPSA) is 84.2 Å². The molecule has 1 amide bonds. The van der Waals surface area contributed by atoms with Crippen LogP contribution in [0, 0.1) is 12.7 Å². The number of nitrogens with zero attached hydrogens (tertiary/aromatic N) is 2. The maximum absolute atomic E-state index is 13.3. The quantitative estimate of drug-likeness (QED) is 0.855. The molecule has 0 aliphatic rings. The fourth-order valence-corrected chi connectivity index (χ4v) is 2.26. The van der Waals surface area contributed by atoms with E-state index in [9.17, 15) is 19.1 Å². The third kappa shape index (κ3) is 3.74. The zero-order valence-electron chi connectivity index (χ0n) is 12.9. The van der Waals surface area contributed by atoms with Gasteiger partial charge in [0.05, 0.1) is 0 Å². The van der Waals surface area contributed by atoms with Crippen molar-refractivity contribution in [3.8, 4) is 0 Å². The lowest BCUT2D eigenvalue weighted by molar-refractivity contribution is -0.139. The summed E-state index contributed by atoms with van der Waals surface area (Å²) in [7, 11) is 0. The van der Waals surface area contributed by atoms with Gasteiger partial charge in [-0.15, -0.1) is 0 Å². The number of nitrogens with one attached hydrogen (secondary N) is 1. The summed E-state index contributed by atoms with van der Waals surface area (Å²) in [4.78, 5) is 23.8. The first-order chi connectivity index (χ1) is 10.9. The fourth-order valence-electron chi connectivity index (χ4n) is 2.26. The van der Waals surface area contributed by atoms with Crippen LogP contribution in [0.15, 0.2) is 30.5 Å². The van der Waals surface area contributed by atoms with Crippen LogP contribution in [0.5, 0.6) is 0 Å². The summed E-state index contributed by atoms with van der Waals surface area (Å²) in [6, 6.07) is 4.22. The predicted octanol–water partition coefficient (Wildman–Crippen LogP) is 2.30. The van der Waals surface area contributed by atoms with Crippen molar-refractivity contribution in [2.75, 3.05) is 0 Å². The first-order valence-corrected chi connectivity index (χ1v) is 7.25. The van der Waals surface area contributed by atoms with Crippen LogP contribution in [0.2, 0.25) is 0 Å². The van der Waals surface area contributed by atoms with Crippen molar-refractivity contribution in [2.45, 2.75) is 32.9 Å². The van der Waals surface area contributed by atoms with Crippen LogP contribution in [0.4, 0.5) is 4.39 Å². The highest BCUT2D eigenvalue weighted by Gasteiger charge is 2.24. The van der Waals surface area contributed by atoms with Crippen LogP contribution >= 0.6 is 0 Å². The van der Waals surface area contributed by atoms with E-state index in [0.717, 1.165) is 6.42 Å². The number of aromatic nitrogens is 2. The SMILES string of the molecule is CCCn1nccc1C(=O)NC(C(=O)O)c1ccc(F)c(C)c1. The number of hydrogen-bond donors (Lipinski definition) is 2. The third-order valence-electron chi connectivity index (χ3n) is 3.42. The molecule has 0 spiro atoms. The van der Waals surface area contributed by atoms with E-state index in [0.29, 0.717) is 17.7 Å². The predicted molar refractivity (Wildman–Crippen MR) is 81.5 cm³/mol. The van der Waals surface area contributed by atoms with E-state index in [-0.39, 0.29) is 5.69 Å². The van der Waals surface area contributed by atoms with Crippen molar-refractivity contribution >= 4 is 11.9 Å². The summed E-state index contributed by atoms with van der Waals surface area (Å²) in [5, 5.41) is 15.9. The molecule has 0 aliphatic carbocycles. The number of aliphatic carboxylic acids is 1. The van der Waals surface area contributed by atoms with E-state index in [2.05, 4.69) is 10.4 Å². The number of hydrogen-bond acceptors (Lipinski definition) is 3. The Kier molecular flexibility index (Phi) is 5.10. The lowest BCUT2D eigenvalue weighted by atomic mass is 10.0. The molecule has 1 aromatic heterocycles. The van der Waals surface area contributed by atoms with E-state index in [4.69, 9.17) is 0 Å². The zero-order valence-corrected chi connectivity index (χ0v) is 12.9. The van der Waals surface area contributed by atoms with Crippen LogP contribution in [-0.4, -0.2) is 26.8 Å². The molecular weight excluding hydrogens is 301 g/mol. The van der Waals surface area contributed by atoms with E-state index in [1.165, 1.54) is 42.1 Å². The molecule has 2 N–H and O–H groups in total. The van der Waals surface area contributed by atoms with Gasteiger partial charge in [0.2, 0.25) is 0 Å². The molecule has 1 heterocycles. The Hall–Kier alpha value is -2.70. The summed E-state index contributed by atoms with van der Waals surface area (Å²) in [5.74, 6) is -2.18. The number of aryl methyl sites for hydroxylation is 2. The first kappa shape index (κ1) is 16.7. The summed E-state index contributed by atoms with van der Waals surface area (Å²) in [6.45, 7) is 4.05. The minimum Gasteiger partial charge on any atom is -0.479 e. The highest BCUT2D eigenvalue weighted by Crippen LogP contribution is 2.18. The molecule has 122 valence electrons. The van der Waals surface area contributed by atoms with Gasteiger partial charge in [0.25, 0.3) is 5.91 Å². The van der Waals surface area contributed by atoms with Crippen LogP contribution in [-0.2, 0) is 11.3 Å². The van der Waals surface area contributed by atoms with Gasteiger partial charge >= 0.3 is 5.97 Å². The molecular formula is C16H18FN3O3. The Bertz CT molecular complexity index is 727. The molecule has 2 aromatic rings. The monoisotopic (exact) mass is 319 g/mol. The van der Waals surface area contributed by atoms with Gasteiger partial charge in [0.1, 0.15) is 11.5 Å². The average Bonchev–Trinajstić information content (AvgIpc) is 2.96. The van der Waals surface area contributed by atoms with Crippen molar-refractivity contribution in [1.82, 2.24) is 15.1 Å². The van der Waals surface area contributed by atoms with Gasteiger partial charge in [-0.1, -0.05) is 19.1 Å². The number of carbonyl (C=O) groups excluding carboxylic acids is 1. The lowest BCUT2D eigenvalue weighted by Gasteiger charge is -2.16. The normalized spacial score (nSPS) is 12.0. The van der Waals surface area contributed by atoms with Crippen molar-refractivity contribution in [2.24, 2.45) is 0 Å². The molecule has 0 bridgehead atoms. The molecule has 7 heteroatoms. The van der Waals surface area contributed by atoms with E-state index < -0.39 is 23.7 Å². The number of rotatable bonds is 6. The van der Waals surface area contributed by atoms with Gasteiger partial charge in [0.15, 0.2) is 6.04 Å². The van der Waals surface area contributed by atoms with Crippen molar-refractivity contribution in [3.05, 3.63) is 53.1 Å². The third-order valence-corrected chi connectivity index (χ3v) is 3.42. The van der Waals surface area contributed by atoms with Crippen LogP contribution in [0.25, 0.3) is 0 Å². The minimum absolute atomic E-state index is 0.289. The molecule has 0 saturated heterocycles. The Morgan fingerprint density at radius 3 is 2.74 bits per heavy atom. The highest BCUT2D eigenvalue weighted by molar-refractivity contribution is 5.95. The Balaban J connectivity index is 2.25. The van der Waals surface area contributed by atoms with Crippen molar-refractivity contribution in [3.63, 3.8) is 0 Å². The number of amides is 1. The van der Waals surface area contributed by atoms with E-state index in [1.54, 1.807) is 0 Å². The largest absolute Gasteiger partial charge is 0.479 e. The second-order valence-electron chi connectivity index (χ2n) is 5.19. The Morgan fingerprint density at radius 2 is 2.13 bits per heavy atom. The Morgan fingerprint density at radius 1 is 1.39 bits per heavy atom. The molecule has 2 rings (SSSR count). The number of halogens is 1. The van der Waals surface area contributed by atoms with Crippen molar-refractivity contribution in [1.29, 1.82) is 0 Å². The molecule has 23 heavy (non-hydrogen) atoms. The van der Waals surface area contributed by atoms with Gasteiger partial charge in [-0.05, 0) is 36.6 Å². The maximum Gasteiger partial charge on any atom is 0.330 e. The number of carboxylic acid groups (broad SMARTS) is 1.